The number of nitrogens with one attached hydrogen (secondary N) is 2. The summed E-state index contributed by atoms with van der Waals surface area (Å²) >= 11 is 10.8. The van der Waals surface area contributed by atoms with Crippen molar-refractivity contribution in [1.82, 2.24) is 10.6 Å². The summed E-state index contributed by atoms with van der Waals surface area (Å²) in [5.74, 6) is 0.401. The molecule has 0 aliphatic carbocycles. The van der Waals surface area contributed by atoms with Crippen molar-refractivity contribution in [2.24, 2.45) is 0 Å². The number of thiocarbonyl (C=S) groups is 1. The highest BCUT2D eigenvalue weighted by Crippen LogP contribution is 2.28. The van der Waals surface area contributed by atoms with Gasteiger partial charge in [0.1, 0.15) is 11.8 Å². The van der Waals surface area contributed by atoms with Crippen LogP contribution in [0.25, 0.3) is 0 Å². The second-order valence-corrected chi connectivity index (χ2v) is 4.11. The smallest absolute Gasteiger partial charge is 0.253 e. The van der Waals surface area contributed by atoms with Crippen LogP contribution in [0.2, 0.25) is 5.02 Å². The van der Waals surface area contributed by atoms with Gasteiger partial charge in [0.15, 0.2) is 5.11 Å². The van der Waals surface area contributed by atoms with Crippen LogP contribution in [-0.2, 0) is 4.79 Å². The molecule has 2 rings (SSSR count). The van der Waals surface area contributed by atoms with Gasteiger partial charge < -0.3 is 15.4 Å². The van der Waals surface area contributed by atoms with Gasteiger partial charge in [0.25, 0.3) is 5.91 Å². The number of benzene rings is 1. The number of carbonyl (C=O) groups excluding carboxylic acids is 1. The molecule has 16 heavy (non-hydrogen) atoms. The molecule has 1 aliphatic heterocycles. The Morgan fingerprint density at radius 2 is 2.25 bits per heavy atom. The van der Waals surface area contributed by atoms with E-state index < -0.39 is 6.04 Å². The molecular formula is C10H9ClN2O2S. The first-order valence-electron chi connectivity index (χ1n) is 4.56. The quantitative estimate of drug-likeness (QED) is 0.786. The van der Waals surface area contributed by atoms with Gasteiger partial charge in [0.2, 0.25) is 0 Å². The lowest BCUT2D eigenvalue weighted by atomic mass is 10.1. The van der Waals surface area contributed by atoms with Crippen LogP contribution in [0.3, 0.4) is 0 Å². The molecule has 2 N–H and O–H groups in total. The lowest BCUT2D eigenvalue weighted by Gasteiger charge is -2.10. The molecule has 0 bridgehead atoms. The fourth-order valence-electron chi connectivity index (χ4n) is 1.51. The number of carbonyl (C=O) groups is 1. The van der Waals surface area contributed by atoms with E-state index in [4.69, 9.17) is 28.6 Å². The highest BCUT2D eigenvalue weighted by Gasteiger charge is 2.28. The van der Waals surface area contributed by atoms with E-state index in [2.05, 4.69) is 10.6 Å². The van der Waals surface area contributed by atoms with Crippen molar-refractivity contribution >= 4 is 34.8 Å². The van der Waals surface area contributed by atoms with Crippen LogP contribution < -0.4 is 15.4 Å². The topological polar surface area (TPSA) is 50.4 Å². The Kier molecular flexibility index (Phi) is 2.98. The average molecular weight is 257 g/mol. The van der Waals surface area contributed by atoms with Crippen LogP contribution in [0.1, 0.15) is 11.6 Å². The predicted molar refractivity (Wildman–Crippen MR) is 64.6 cm³/mol. The molecule has 1 aromatic rings. The normalized spacial score (nSPS) is 19.2. The Hall–Kier alpha value is -1.33. The van der Waals surface area contributed by atoms with Crippen molar-refractivity contribution in [3.05, 3.63) is 28.8 Å². The molecule has 1 unspecified atom stereocenters. The van der Waals surface area contributed by atoms with E-state index in [1.807, 2.05) is 0 Å². The van der Waals surface area contributed by atoms with Gasteiger partial charge in [0.05, 0.1) is 12.1 Å². The van der Waals surface area contributed by atoms with Crippen LogP contribution in [0, 0.1) is 0 Å². The number of amides is 1. The maximum atomic E-state index is 11.5. The molecular weight excluding hydrogens is 248 g/mol. The third kappa shape index (κ3) is 1.96. The molecule has 84 valence electrons. The summed E-state index contributed by atoms with van der Waals surface area (Å²) in [6.07, 6.45) is 0. The first-order chi connectivity index (χ1) is 7.61. The number of hydrogen-bond donors (Lipinski definition) is 2. The van der Waals surface area contributed by atoms with Gasteiger partial charge in [-0.1, -0.05) is 17.7 Å². The Bertz CT molecular complexity index is 464. The van der Waals surface area contributed by atoms with Gasteiger partial charge in [-0.3, -0.25) is 4.79 Å². The second-order valence-electron chi connectivity index (χ2n) is 3.29. The molecule has 1 fully saturated rings. The van der Waals surface area contributed by atoms with Crippen molar-refractivity contribution in [2.75, 3.05) is 7.11 Å². The lowest BCUT2D eigenvalue weighted by molar-refractivity contribution is -0.120. The van der Waals surface area contributed by atoms with Crippen LogP contribution >= 0.6 is 23.8 Å². The molecule has 0 aromatic heterocycles. The van der Waals surface area contributed by atoms with Crippen molar-refractivity contribution in [2.45, 2.75) is 6.04 Å². The number of hydrogen-bond acceptors (Lipinski definition) is 3. The minimum Gasteiger partial charge on any atom is -0.495 e. The van der Waals surface area contributed by atoms with E-state index in [1.54, 1.807) is 18.2 Å². The summed E-state index contributed by atoms with van der Waals surface area (Å²) < 4.78 is 5.03. The Labute approximate surface area is 103 Å². The van der Waals surface area contributed by atoms with E-state index in [1.165, 1.54) is 7.11 Å². The Morgan fingerprint density at radius 3 is 2.75 bits per heavy atom. The predicted octanol–water partition coefficient (Wildman–Crippen LogP) is 1.39. The summed E-state index contributed by atoms with van der Waals surface area (Å²) in [5, 5.41) is 6.18. The zero-order chi connectivity index (χ0) is 11.7. The second kappa shape index (κ2) is 4.27. The molecule has 0 spiro atoms. The standard InChI is InChI=1S/C10H9ClN2O2S/c1-15-7-3-2-5(4-6(7)11)8-9(14)13-10(16)12-8/h2-4,8H,1H3,(H2,12,13,14,16). The van der Waals surface area contributed by atoms with Gasteiger partial charge >= 0.3 is 0 Å². The van der Waals surface area contributed by atoms with E-state index >= 15 is 0 Å². The van der Waals surface area contributed by atoms with Crippen LogP contribution in [0.4, 0.5) is 0 Å². The van der Waals surface area contributed by atoms with Crippen molar-refractivity contribution in [3.8, 4) is 5.75 Å². The highest BCUT2D eigenvalue weighted by molar-refractivity contribution is 7.80. The third-order valence-corrected chi connectivity index (χ3v) is 2.80. The number of halogens is 1. The third-order valence-electron chi connectivity index (χ3n) is 2.28. The lowest BCUT2D eigenvalue weighted by Crippen LogP contribution is -2.21. The van der Waals surface area contributed by atoms with Gasteiger partial charge in [0, 0.05) is 0 Å². The van der Waals surface area contributed by atoms with Crippen molar-refractivity contribution in [3.63, 3.8) is 0 Å². The maximum absolute atomic E-state index is 11.5. The Balaban J connectivity index is 2.31. The van der Waals surface area contributed by atoms with Crippen LogP contribution in [0.15, 0.2) is 18.2 Å². The average Bonchev–Trinajstić information content (AvgIpc) is 2.58. The summed E-state index contributed by atoms with van der Waals surface area (Å²) in [6, 6.07) is 4.70. The van der Waals surface area contributed by atoms with Crippen molar-refractivity contribution < 1.29 is 9.53 Å². The molecule has 1 aromatic carbocycles. The molecule has 1 heterocycles. The first-order valence-corrected chi connectivity index (χ1v) is 5.35. The first kappa shape index (κ1) is 11.2. The Morgan fingerprint density at radius 1 is 1.50 bits per heavy atom. The van der Waals surface area contributed by atoms with Gasteiger partial charge in [-0.05, 0) is 29.9 Å². The van der Waals surface area contributed by atoms with Crippen molar-refractivity contribution in [1.29, 1.82) is 0 Å². The molecule has 1 aliphatic rings. The summed E-state index contributed by atoms with van der Waals surface area (Å²) in [4.78, 5) is 11.5. The molecule has 1 amide bonds. The molecule has 0 saturated carbocycles. The number of ether oxygens (including phenoxy) is 1. The fraction of sp³-hybridized carbons (Fsp3) is 0.200. The summed E-state index contributed by atoms with van der Waals surface area (Å²) in [6.45, 7) is 0. The minimum atomic E-state index is -0.476. The molecule has 1 atom stereocenters. The van der Waals surface area contributed by atoms with Gasteiger partial charge in [-0.25, -0.2) is 0 Å². The highest BCUT2D eigenvalue weighted by atomic mass is 35.5. The summed E-state index contributed by atoms with van der Waals surface area (Å²) in [7, 11) is 1.54. The van der Waals surface area contributed by atoms with Crippen LogP contribution in [-0.4, -0.2) is 18.1 Å². The summed E-state index contributed by atoms with van der Waals surface area (Å²) in [5.41, 5.74) is 0.753. The monoisotopic (exact) mass is 256 g/mol. The van der Waals surface area contributed by atoms with Gasteiger partial charge in [-0.15, -0.1) is 0 Å². The molecule has 0 radical (unpaired) electrons. The maximum Gasteiger partial charge on any atom is 0.253 e. The SMILES string of the molecule is COc1ccc(C2NC(=S)NC2=O)cc1Cl. The molecule has 4 nitrogen and oxygen atoms in total. The van der Waals surface area contributed by atoms with E-state index in [0.717, 1.165) is 5.56 Å². The largest absolute Gasteiger partial charge is 0.495 e. The van der Waals surface area contributed by atoms with E-state index in [0.29, 0.717) is 15.9 Å². The molecule has 6 heteroatoms. The zero-order valence-electron chi connectivity index (χ0n) is 8.41. The minimum absolute atomic E-state index is 0.175. The molecule has 1 saturated heterocycles. The fourth-order valence-corrected chi connectivity index (χ4v) is 2.00. The van der Waals surface area contributed by atoms with E-state index in [9.17, 15) is 4.79 Å². The zero-order valence-corrected chi connectivity index (χ0v) is 9.98. The van der Waals surface area contributed by atoms with E-state index in [-0.39, 0.29) is 5.91 Å². The van der Waals surface area contributed by atoms with Crippen LogP contribution in [0.5, 0.6) is 5.75 Å². The number of methoxy groups -OCH3 is 1. The van der Waals surface area contributed by atoms with Gasteiger partial charge in [-0.2, -0.15) is 0 Å². The number of rotatable bonds is 2.